The first-order valence-electron chi connectivity index (χ1n) is 31.1. The molecular formula is C62H114O4. The van der Waals surface area contributed by atoms with Crippen LogP contribution in [0.4, 0.5) is 0 Å². The van der Waals surface area contributed by atoms with Crippen molar-refractivity contribution in [3.63, 3.8) is 0 Å². The molecule has 3 aliphatic heterocycles. The van der Waals surface area contributed by atoms with E-state index in [0.29, 0.717) is 42.0 Å². The fourth-order valence-electron chi connectivity index (χ4n) is 14.3. The molecule has 0 amide bonds. The maximum Gasteiger partial charge on any atom is 0.0844 e. The van der Waals surface area contributed by atoms with Crippen molar-refractivity contribution in [2.24, 2.45) is 29.1 Å². The van der Waals surface area contributed by atoms with Crippen LogP contribution in [0.1, 0.15) is 322 Å². The molecule has 3 saturated carbocycles. The van der Waals surface area contributed by atoms with Crippen LogP contribution in [0.15, 0.2) is 0 Å². The molecule has 4 nitrogen and oxygen atoms in total. The van der Waals surface area contributed by atoms with Gasteiger partial charge < -0.3 is 19.3 Å². The quantitative estimate of drug-likeness (QED) is 0.0489. The summed E-state index contributed by atoms with van der Waals surface area (Å²) in [4.78, 5) is 0. The van der Waals surface area contributed by atoms with E-state index < -0.39 is 0 Å². The highest BCUT2D eigenvalue weighted by Gasteiger charge is 2.45. The summed E-state index contributed by atoms with van der Waals surface area (Å²) in [7, 11) is 0. The lowest BCUT2D eigenvalue weighted by molar-refractivity contribution is 0.170. The van der Waals surface area contributed by atoms with Crippen LogP contribution in [0.2, 0.25) is 0 Å². The van der Waals surface area contributed by atoms with Crippen molar-refractivity contribution < 1.29 is 19.3 Å². The van der Waals surface area contributed by atoms with Gasteiger partial charge in [0.25, 0.3) is 0 Å². The topological polar surface area (TPSA) is 57.8 Å². The fraction of sp³-hybridized carbons (Fsp3) is 1.00. The summed E-state index contributed by atoms with van der Waals surface area (Å²) in [6.07, 6.45) is 72.6. The van der Waals surface area contributed by atoms with E-state index in [2.05, 4.69) is 6.92 Å². The van der Waals surface area contributed by atoms with Crippen LogP contribution >= 0.6 is 0 Å². The number of unbranched alkanes of at least 4 members (excludes halogenated alkanes) is 24. The minimum absolute atomic E-state index is 0.134. The second kappa shape index (κ2) is 32.7. The normalized spacial score (nSPS) is 29.4. The third kappa shape index (κ3) is 23.4. The van der Waals surface area contributed by atoms with Crippen molar-refractivity contribution in [2.75, 3.05) is 0 Å². The van der Waals surface area contributed by atoms with E-state index in [0.717, 1.165) is 30.1 Å². The van der Waals surface area contributed by atoms with Crippen molar-refractivity contribution in [3.8, 4) is 0 Å². The molecule has 0 aromatic rings. The molecule has 11 atom stereocenters. The molecule has 1 N–H and O–H groups in total. The molecule has 0 spiro atoms. The SMILES string of the molecule is CCC(CCCCCCCCCC(CCCCCCCCCC1CCC2OC2C1)(CCCCCCCCCC1CCC2OC2C1)CCCCCCCCCC1CCC2OC2C1)CCC(C)O. The van der Waals surface area contributed by atoms with Gasteiger partial charge in [-0.1, -0.05) is 219 Å². The van der Waals surface area contributed by atoms with Crippen LogP contribution in [0.25, 0.3) is 0 Å². The molecule has 6 rings (SSSR count). The Labute approximate surface area is 411 Å². The Bertz CT molecular complexity index is 1070. The maximum absolute atomic E-state index is 9.76. The first-order valence-corrected chi connectivity index (χ1v) is 31.1. The van der Waals surface area contributed by atoms with Gasteiger partial charge in [-0.25, -0.2) is 0 Å². The minimum atomic E-state index is -0.134. The summed E-state index contributed by atoms with van der Waals surface area (Å²) in [5.74, 6) is 3.72. The molecular weight excluding hydrogens is 809 g/mol. The number of epoxide rings is 3. The molecule has 4 heteroatoms. The summed E-state index contributed by atoms with van der Waals surface area (Å²) < 4.78 is 17.4. The zero-order chi connectivity index (χ0) is 45.9. The van der Waals surface area contributed by atoms with E-state index in [-0.39, 0.29) is 6.10 Å². The second-order valence-electron chi connectivity index (χ2n) is 24.9. The highest BCUT2D eigenvalue weighted by atomic mass is 16.6. The first-order chi connectivity index (χ1) is 32.5. The van der Waals surface area contributed by atoms with Crippen molar-refractivity contribution in [2.45, 2.75) is 365 Å². The predicted molar refractivity (Wildman–Crippen MR) is 281 cm³/mol. The monoisotopic (exact) mass is 923 g/mol. The Morgan fingerprint density at radius 3 is 0.970 bits per heavy atom. The number of fused-ring (bicyclic) bond motifs is 3. The lowest BCUT2D eigenvalue weighted by atomic mass is 9.70. The number of ether oxygens (including phenoxy) is 3. The van der Waals surface area contributed by atoms with Crippen LogP contribution in [0.5, 0.6) is 0 Å². The van der Waals surface area contributed by atoms with Crippen molar-refractivity contribution >= 4 is 0 Å². The number of aliphatic hydroxyl groups excluding tert-OH is 1. The van der Waals surface area contributed by atoms with Gasteiger partial charge in [-0.2, -0.15) is 0 Å². The summed E-state index contributed by atoms with van der Waals surface area (Å²) in [6, 6.07) is 0. The molecule has 66 heavy (non-hydrogen) atoms. The first kappa shape index (κ1) is 55.2. The molecule has 0 aromatic heterocycles. The highest BCUT2D eigenvalue weighted by molar-refractivity contribution is 4.93. The van der Waals surface area contributed by atoms with Gasteiger partial charge in [0, 0.05) is 0 Å². The van der Waals surface area contributed by atoms with Gasteiger partial charge in [-0.15, -0.1) is 0 Å². The van der Waals surface area contributed by atoms with Gasteiger partial charge in [-0.05, 0) is 132 Å². The molecule has 11 unspecified atom stereocenters. The zero-order valence-electron chi connectivity index (χ0n) is 44.5. The third-order valence-corrected chi connectivity index (χ3v) is 19.2. The van der Waals surface area contributed by atoms with E-state index in [9.17, 15) is 5.11 Å². The van der Waals surface area contributed by atoms with Gasteiger partial charge in [0.1, 0.15) is 0 Å². The molecule has 3 saturated heterocycles. The third-order valence-electron chi connectivity index (χ3n) is 19.2. The molecule has 3 heterocycles. The number of hydrogen-bond acceptors (Lipinski definition) is 4. The van der Waals surface area contributed by atoms with E-state index in [4.69, 9.17) is 14.2 Å². The molecule has 0 bridgehead atoms. The molecule has 0 radical (unpaired) electrons. The number of rotatable bonds is 44. The number of hydrogen-bond donors (Lipinski definition) is 1. The predicted octanol–water partition coefficient (Wildman–Crippen LogP) is 18.9. The smallest absolute Gasteiger partial charge is 0.0844 e. The Kier molecular flexibility index (Phi) is 27.4. The maximum atomic E-state index is 9.76. The summed E-state index contributed by atoms with van der Waals surface area (Å²) in [5, 5.41) is 9.76. The van der Waals surface area contributed by atoms with E-state index in [1.54, 1.807) is 0 Å². The van der Waals surface area contributed by atoms with Crippen LogP contribution in [-0.2, 0) is 14.2 Å². The molecule has 3 aliphatic carbocycles. The summed E-state index contributed by atoms with van der Waals surface area (Å²) in [5.41, 5.74) is 0.611. The Morgan fingerprint density at radius 2 is 0.667 bits per heavy atom. The Balaban J connectivity index is 0.880. The van der Waals surface area contributed by atoms with Gasteiger partial charge in [0.05, 0.1) is 42.7 Å². The van der Waals surface area contributed by atoms with Crippen molar-refractivity contribution in [1.29, 1.82) is 0 Å². The molecule has 0 aromatic carbocycles. The van der Waals surface area contributed by atoms with E-state index in [1.807, 2.05) is 6.92 Å². The number of aliphatic hydroxyl groups is 1. The standard InChI is InChI=1S/C62H114O4/c1-3-52(37-36-51(2)63)32-24-16-8-4-12-20-28-44-62(45-29-21-13-5-9-17-25-33-53-38-41-56-59(48-53)64-56,46-30-22-14-6-10-18-26-34-54-39-42-57-60(49-54)65-57)47-31-23-15-7-11-19-27-35-55-40-43-58-61(50-55)66-58/h51-61,63H,3-50H2,1-2H3. The van der Waals surface area contributed by atoms with Crippen LogP contribution < -0.4 is 0 Å². The highest BCUT2D eigenvalue weighted by Crippen LogP contribution is 2.45. The second-order valence-corrected chi connectivity index (χ2v) is 24.9. The van der Waals surface area contributed by atoms with Gasteiger partial charge in [0.15, 0.2) is 0 Å². The lowest BCUT2D eigenvalue weighted by Crippen LogP contribution is -2.21. The van der Waals surface area contributed by atoms with Crippen molar-refractivity contribution in [1.82, 2.24) is 0 Å². The lowest BCUT2D eigenvalue weighted by Gasteiger charge is -2.35. The average Bonchev–Trinajstić information content (AvgIpc) is 4.23. The minimum Gasteiger partial charge on any atom is -0.393 e. The molecule has 386 valence electrons. The summed E-state index contributed by atoms with van der Waals surface area (Å²) in [6.45, 7) is 4.30. The van der Waals surface area contributed by atoms with Gasteiger partial charge in [-0.3, -0.25) is 0 Å². The molecule has 6 aliphatic rings. The van der Waals surface area contributed by atoms with Crippen molar-refractivity contribution in [3.05, 3.63) is 0 Å². The Morgan fingerprint density at radius 1 is 0.364 bits per heavy atom. The fourth-order valence-corrected chi connectivity index (χ4v) is 14.3. The van der Waals surface area contributed by atoms with Crippen LogP contribution in [-0.4, -0.2) is 47.8 Å². The van der Waals surface area contributed by atoms with Gasteiger partial charge in [0.2, 0.25) is 0 Å². The van der Waals surface area contributed by atoms with E-state index in [1.165, 1.54) is 302 Å². The Hall–Kier alpha value is -0.160. The average molecular weight is 924 g/mol. The van der Waals surface area contributed by atoms with E-state index >= 15 is 0 Å². The van der Waals surface area contributed by atoms with Crippen LogP contribution in [0.3, 0.4) is 0 Å². The van der Waals surface area contributed by atoms with Gasteiger partial charge >= 0.3 is 0 Å². The zero-order valence-corrected chi connectivity index (χ0v) is 44.5. The van der Waals surface area contributed by atoms with Crippen LogP contribution in [0, 0.1) is 29.1 Å². The summed E-state index contributed by atoms with van der Waals surface area (Å²) >= 11 is 0. The molecule has 6 fully saturated rings. The largest absolute Gasteiger partial charge is 0.393 e.